The van der Waals surface area contributed by atoms with Gasteiger partial charge in [0, 0.05) is 17.8 Å². The molecule has 0 spiro atoms. The van der Waals surface area contributed by atoms with E-state index >= 15 is 0 Å². The largest absolute Gasteiger partial charge is 0.497 e. The molecule has 1 saturated heterocycles. The van der Waals surface area contributed by atoms with Crippen LogP contribution in [0.4, 0.5) is 5.69 Å². The zero-order chi connectivity index (χ0) is 19.2. The van der Waals surface area contributed by atoms with Crippen molar-refractivity contribution in [3.8, 4) is 17.2 Å². The lowest BCUT2D eigenvalue weighted by Gasteiger charge is -2.31. The van der Waals surface area contributed by atoms with Gasteiger partial charge >= 0.3 is 0 Å². The molecule has 0 aromatic heterocycles. The fourth-order valence-electron chi connectivity index (χ4n) is 3.41. The Morgan fingerprint density at radius 2 is 1.81 bits per heavy atom. The van der Waals surface area contributed by atoms with Gasteiger partial charge in [0.15, 0.2) is 11.5 Å². The van der Waals surface area contributed by atoms with Crippen LogP contribution in [0.2, 0.25) is 0 Å². The van der Waals surface area contributed by atoms with Gasteiger partial charge in [-0.25, -0.2) is 0 Å². The second kappa shape index (κ2) is 8.77. The minimum Gasteiger partial charge on any atom is -0.497 e. The first-order valence-corrected chi connectivity index (χ1v) is 9.07. The van der Waals surface area contributed by atoms with Crippen molar-refractivity contribution in [3.05, 3.63) is 48.0 Å². The normalized spacial score (nSPS) is 19.2. The second-order valence-corrected chi connectivity index (χ2v) is 6.54. The number of carbonyl (C=O) groups excluding carboxylic acids is 1. The molecule has 0 bridgehead atoms. The molecule has 1 fully saturated rings. The first kappa shape index (κ1) is 19.0. The van der Waals surface area contributed by atoms with Gasteiger partial charge in [-0.05, 0) is 49.1 Å². The maximum absolute atomic E-state index is 12.7. The molecule has 2 atom stereocenters. The van der Waals surface area contributed by atoms with Crippen molar-refractivity contribution in [2.24, 2.45) is 0 Å². The predicted octanol–water partition coefficient (Wildman–Crippen LogP) is 3.53. The highest BCUT2D eigenvalue weighted by molar-refractivity contribution is 5.95. The van der Waals surface area contributed by atoms with Crippen LogP contribution in [-0.4, -0.2) is 33.3 Å². The Labute approximate surface area is 159 Å². The first-order valence-electron chi connectivity index (χ1n) is 9.07. The van der Waals surface area contributed by atoms with Crippen LogP contribution in [0.1, 0.15) is 30.9 Å². The van der Waals surface area contributed by atoms with Crippen LogP contribution in [0.15, 0.2) is 42.5 Å². The molecule has 1 amide bonds. The Morgan fingerprint density at radius 3 is 2.56 bits per heavy atom. The smallest absolute Gasteiger partial charge is 0.241 e. The van der Waals surface area contributed by atoms with Gasteiger partial charge < -0.3 is 19.5 Å². The summed E-state index contributed by atoms with van der Waals surface area (Å²) in [7, 11) is 4.85. The standard InChI is InChI=1S/C21H26N2O4/c1-25-16-7-4-6-15(13-16)22-21(24)18-9-5-8-17(23-18)14-10-11-19(26-2)20(12-14)27-3/h4,6-7,10-13,17-18,23H,5,8-9H2,1-3H3,(H,22,24)/t17-,18?/m1/s1. The SMILES string of the molecule is COc1cccc(NC(=O)C2CCC[C@H](c3ccc(OC)c(OC)c3)N2)c1. The van der Waals surface area contributed by atoms with Crippen molar-refractivity contribution in [2.75, 3.05) is 26.6 Å². The van der Waals surface area contributed by atoms with Crippen molar-refractivity contribution >= 4 is 11.6 Å². The molecule has 1 aliphatic heterocycles. The monoisotopic (exact) mass is 370 g/mol. The zero-order valence-corrected chi connectivity index (χ0v) is 16.0. The highest BCUT2D eigenvalue weighted by Crippen LogP contribution is 2.33. The molecule has 2 aromatic carbocycles. The molecule has 6 heteroatoms. The third kappa shape index (κ3) is 4.52. The van der Waals surface area contributed by atoms with Gasteiger partial charge in [0.1, 0.15) is 5.75 Å². The average Bonchev–Trinajstić information content (AvgIpc) is 2.73. The average molecular weight is 370 g/mol. The molecule has 2 aromatic rings. The Hall–Kier alpha value is -2.73. The molecule has 0 aliphatic carbocycles. The van der Waals surface area contributed by atoms with E-state index in [-0.39, 0.29) is 18.0 Å². The summed E-state index contributed by atoms with van der Waals surface area (Å²) in [5, 5.41) is 6.44. The van der Waals surface area contributed by atoms with E-state index in [1.54, 1.807) is 21.3 Å². The molecule has 6 nitrogen and oxygen atoms in total. The molecule has 2 N–H and O–H groups in total. The van der Waals surface area contributed by atoms with Gasteiger partial charge in [-0.3, -0.25) is 10.1 Å². The minimum absolute atomic E-state index is 0.0339. The lowest BCUT2D eigenvalue weighted by atomic mass is 9.93. The summed E-state index contributed by atoms with van der Waals surface area (Å²) >= 11 is 0. The quantitative estimate of drug-likeness (QED) is 0.814. The highest BCUT2D eigenvalue weighted by atomic mass is 16.5. The molecule has 1 heterocycles. The van der Waals surface area contributed by atoms with E-state index in [1.165, 1.54) is 0 Å². The summed E-state index contributed by atoms with van der Waals surface area (Å²) in [6.45, 7) is 0. The van der Waals surface area contributed by atoms with Crippen LogP contribution >= 0.6 is 0 Å². The van der Waals surface area contributed by atoms with Crippen LogP contribution in [0.3, 0.4) is 0 Å². The van der Waals surface area contributed by atoms with E-state index < -0.39 is 0 Å². The van der Waals surface area contributed by atoms with Gasteiger partial charge in [-0.1, -0.05) is 12.1 Å². The maximum atomic E-state index is 12.7. The number of carbonyl (C=O) groups is 1. The Morgan fingerprint density at radius 1 is 1.00 bits per heavy atom. The van der Waals surface area contributed by atoms with Gasteiger partial charge in [0.25, 0.3) is 0 Å². The van der Waals surface area contributed by atoms with E-state index in [9.17, 15) is 4.79 Å². The van der Waals surface area contributed by atoms with Crippen LogP contribution in [0, 0.1) is 0 Å². The van der Waals surface area contributed by atoms with E-state index in [4.69, 9.17) is 14.2 Å². The molecule has 27 heavy (non-hydrogen) atoms. The summed E-state index contributed by atoms with van der Waals surface area (Å²) in [6, 6.07) is 13.1. The minimum atomic E-state index is -0.247. The third-order valence-corrected chi connectivity index (χ3v) is 4.85. The number of hydrogen-bond donors (Lipinski definition) is 2. The summed E-state index contributed by atoms with van der Waals surface area (Å²) < 4.78 is 15.9. The van der Waals surface area contributed by atoms with Crippen LogP contribution in [0.5, 0.6) is 17.2 Å². The van der Waals surface area contributed by atoms with Crippen molar-refractivity contribution in [1.82, 2.24) is 5.32 Å². The number of rotatable bonds is 6. The summed E-state index contributed by atoms with van der Waals surface area (Å²) in [6.07, 6.45) is 2.75. The highest BCUT2D eigenvalue weighted by Gasteiger charge is 2.28. The second-order valence-electron chi connectivity index (χ2n) is 6.54. The van der Waals surface area contributed by atoms with Crippen molar-refractivity contribution in [1.29, 1.82) is 0 Å². The maximum Gasteiger partial charge on any atom is 0.241 e. The fraction of sp³-hybridized carbons (Fsp3) is 0.381. The van der Waals surface area contributed by atoms with Gasteiger partial charge in [0.2, 0.25) is 5.91 Å². The lowest BCUT2D eigenvalue weighted by molar-refractivity contribution is -0.119. The molecule has 3 rings (SSSR count). The molecule has 0 radical (unpaired) electrons. The molecule has 1 unspecified atom stereocenters. The number of nitrogens with one attached hydrogen (secondary N) is 2. The first-order chi connectivity index (χ1) is 13.1. The number of anilines is 1. The predicted molar refractivity (Wildman–Crippen MR) is 105 cm³/mol. The zero-order valence-electron chi connectivity index (χ0n) is 16.0. The van der Waals surface area contributed by atoms with Crippen LogP contribution < -0.4 is 24.8 Å². The van der Waals surface area contributed by atoms with Crippen molar-refractivity contribution in [3.63, 3.8) is 0 Å². The van der Waals surface area contributed by atoms with Gasteiger partial charge in [0.05, 0.1) is 27.4 Å². The van der Waals surface area contributed by atoms with Gasteiger partial charge in [-0.15, -0.1) is 0 Å². The van der Waals surface area contributed by atoms with Crippen molar-refractivity contribution in [2.45, 2.75) is 31.3 Å². The number of amides is 1. The van der Waals surface area contributed by atoms with Crippen LogP contribution in [-0.2, 0) is 4.79 Å². The number of ether oxygens (including phenoxy) is 3. The van der Waals surface area contributed by atoms with E-state index in [0.717, 1.165) is 30.5 Å². The molecule has 0 saturated carbocycles. The molecule has 144 valence electrons. The lowest BCUT2D eigenvalue weighted by Crippen LogP contribution is -2.45. The van der Waals surface area contributed by atoms with E-state index in [2.05, 4.69) is 10.6 Å². The molecular formula is C21H26N2O4. The fourth-order valence-corrected chi connectivity index (χ4v) is 3.41. The van der Waals surface area contributed by atoms with Gasteiger partial charge in [-0.2, -0.15) is 0 Å². The number of methoxy groups -OCH3 is 3. The van der Waals surface area contributed by atoms with E-state index in [0.29, 0.717) is 17.2 Å². The Bertz CT molecular complexity index is 794. The Balaban J connectivity index is 1.69. The number of hydrogen-bond acceptors (Lipinski definition) is 5. The van der Waals surface area contributed by atoms with Crippen LogP contribution in [0.25, 0.3) is 0 Å². The summed E-state index contributed by atoms with van der Waals surface area (Å²) in [5.41, 5.74) is 1.82. The number of benzene rings is 2. The Kier molecular flexibility index (Phi) is 6.19. The topological polar surface area (TPSA) is 68.8 Å². The summed E-state index contributed by atoms with van der Waals surface area (Å²) in [5.74, 6) is 2.07. The molecule has 1 aliphatic rings. The number of piperidine rings is 1. The van der Waals surface area contributed by atoms with Crippen molar-refractivity contribution < 1.29 is 19.0 Å². The van der Waals surface area contributed by atoms with E-state index in [1.807, 2.05) is 42.5 Å². The summed E-state index contributed by atoms with van der Waals surface area (Å²) in [4.78, 5) is 12.7. The molecular weight excluding hydrogens is 344 g/mol. The third-order valence-electron chi connectivity index (χ3n) is 4.85.